The van der Waals surface area contributed by atoms with Crippen LogP contribution in [0.3, 0.4) is 0 Å². The summed E-state index contributed by atoms with van der Waals surface area (Å²) in [5, 5.41) is 8.47. The molecule has 0 saturated carbocycles. The third-order valence-corrected chi connectivity index (χ3v) is 1.72. The van der Waals surface area contributed by atoms with Crippen LogP contribution < -0.4 is 0 Å². The number of rotatable bonds is 6. The third-order valence-electron chi connectivity index (χ3n) is 1.72. The average molecular weight is 142 g/mol. The molecule has 0 heterocycles. The molecule has 0 aliphatic carbocycles. The van der Waals surface area contributed by atoms with Gasteiger partial charge in [0.25, 0.3) is 0 Å². The minimum atomic E-state index is 0.336. The highest BCUT2D eigenvalue weighted by molar-refractivity contribution is 4.74. The summed E-state index contributed by atoms with van der Waals surface area (Å²) < 4.78 is 0. The van der Waals surface area contributed by atoms with E-state index in [1.165, 1.54) is 12.8 Å². The molecule has 1 unspecified atom stereocenters. The number of hydrogen-bond donors (Lipinski definition) is 1. The van der Waals surface area contributed by atoms with Crippen LogP contribution in [0.1, 0.15) is 32.6 Å². The smallest absolute Gasteiger partial charge is 0.0431 e. The molecule has 0 saturated heterocycles. The van der Waals surface area contributed by atoms with E-state index in [4.69, 9.17) is 5.11 Å². The summed E-state index contributed by atoms with van der Waals surface area (Å²) in [5.74, 6) is 0.638. The number of aliphatic hydroxyl groups is 1. The molecular weight excluding hydrogens is 124 g/mol. The van der Waals surface area contributed by atoms with E-state index in [0.717, 1.165) is 12.8 Å². The molecule has 0 aliphatic heterocycles. The van der Waals surface area contributed by atoms with Gasteiger partial charge in [0.2, 0.25) is 0 Å². The Kier molecular flexibility index (Phi) is 6.61. The van der Waals surface area contributed by atoms with Crippen molar-refractivity contribution < 1.29 is 5.11 Å². The first kappa shape index (κ1) is 9.70. The second-order valence-electron chi connectivity index (χ2n) is 2.79. The minimum Gasteiger partial charge on any atom is -0.396 e. The molecule has 0 radical (unpaired) electrons. The van der Waals surface area contributed by atoms with Crippen LogP contribution in [-0.2, 0) is 0 Å². The van der Waals surface area contributed by atoms with E-state index in [0.29, 0.717) is 12.5 Å². The van der Waals surface area contributed by atoms with Crippen molar-refractivity contribution >= 4 is 0 Å². The van der Waals surface area contributed by atoms with E-state index < -0.39 is 0 Å². The van der Waals surface area contributed by atoms with Crippen molar-refractivity contribution in [3.05, 3.63) is 12.7 Å². The minimum absolute atomic E-state index is 0.336. The Balaban J connectivity index is 2.95. The Morgan fingerprint density at radius 2 is 2.10 bits per heavy atom. The van der Waals surface area contributed by atoms with Gasteiger partial charge in [-0.1, -0.05) is 25.8 Å². The van der Waals surface area contributed by atoms with Crippen molar-refractivity contribution in [2.75, 3.05) is 6.61 Å². The normalized spacial score (nSPS) is 13.0. The number of allylic oxidation sites excluding steroid dienone is 1. The zero-order valence-corrected chi connectivity index (χ0v) is 6.84. The predicted octanol–water partition coefficient (Wildman–Crippen LogP) is 2.36. The lowest BCUT2D eigenvalue weighted by Gasteiger charge is -2.03. The van der Waals surface area contributed by atoms with Crippen LogP contribution >= 0.6 is 0 Å². The van der Waals surface area contributed by atoms with E-state index in [1.54, 1.807) is 0 Å². The molecule has 0 bridgehead atoms. The molecule has 0 aromatic rings. The van der Waals surface area contributed by atoms with E-state index in [9.17, 15) is 0 Å². The third kappa shape index (κ3) is 5.83. The summed E-state index contributed by atoms with van der Waals surface area (Å²) in [6, 6.07) is 0. The summed E-state index contributed by atoms with van der Waals surface area (Å²) in [6.45, 7) is 6.22. The molecule has 0 amide bonds. The van der Waals surface area contributed by atoms with Gasteiger partial charge in [-0.3, -0.25) is 0 Å². The summed E-state index contributed by atoms with van der Waals surface area (Å²) in [6.07, 6.45) is 6.51. The van der Waals surface area contributed by atoms with Crippen LogP contribution in [0.5, 0.6) is 0 Å². The standard InChI is InChI=1S/C9H18O/c1-3-9(2)7-5-4-6-8-10/h3,9-10H,1,4-8H2,2H3. The maximum atomic E-state index is 8.47. The van der Waals surface area contributed by atoms with Gasteiger partial charge in [-0.15, -0.1) is 6.58 Å². The van der Waals surface area contributed by atoms with Gasteiger partial charge in [0.05, 0.1) is 0 Å². The van der Waals surface area contributed by atoms with Gasteiger partial charge in [0, 0.05) is 6.61 Å². The zero-order chi connectivity index (χ0) is 7.82. The van der Waals surface area contributed by atoms with Crippen LogP contribution in [0, 0.1) is 5.92 Å². The maximum Gasteiger partial charge on any atom is 0.0431 e. The monoisotopic (exact) mass is 142 g/mol. The second-order valence-corrected chi connectivity index (χ2v) is 2.79. The lowest BCUT2D eigenvalue weighted by molar-refractivity contribution is 0.281. The quantitative estimate of drug-likeness (QED) is 0.446. The van der Waals surface area contributed by atoms with Gasteiger partial charge in [0.15, 0.2) is 0 Å². The molecule has 10 heavy (non-hydrogen) atoms. The molecule has 0 rings (SSSR count). The van der Waals surface area contributed by atoms with Gasteiger partial charge >= 0.3 is 0 Å². The summed E-state index contributed by atoms with van der Waals surface area (Å²) >= 11 is 0. The van der Waals surface area contributed by atoms with Gasteiger partial charge in [0.1, 0.15) is 0 Å². The van der Waals surface area contributed by atoms with Crippen LogP contribution in [0.15, 0.2) is 12.7 Å². The Hall–Kier alpha value is -0.300. The fourth-order valence-corrected chi connectivity index (χ4v) is 0.873. The van der Waals surface area contributed by atoms with E-state index >= 15 is 0 Å². The molecule has 60 valence electrons. The van der Waals surface area contributed by atoms with Gasteiger partial charge in [-0.25, -0.2) is 0 Å². The SMILES string of the molecule is C=CC(C)CCCCCO. The van der Waals surface area contributed by atoms with Crippen molar-refractivity contribution in [2.45, 2.75) is 32.6 Å². The van der Waals surface area contributed by atoms with Crippen LogP contribution in [-0.4, -0.2) is 11.7 Å². The topological polar surface area (TPSA) is 20.2 Å². The Morgan fingerprint density at radius 3 is 2.60 bits per heavy atom. The van der Waals surface area contributed by atoms with Crippen molar-refractivity contribution in [2.24, 2.45) is 5.92 Å². The molecule has 1 nitrogen and oxygen atoms in total. The van der Waals surface area contributed by atoms with Crippen molar-refractivity contribution in [1.82, 2.24) is 0 Å². The van der Waals surface area contributed by atoms with Crippen LogP contribution in [0.25, 0.3) is 0 Å². The summed E-state index contributed by atoms with van der Waals surface area (Å²) in [4.78, 5) is 0. The molecule has 0 fully saturated rings. The molecule has 0 spiro atoms. The Morgan fingerprint density at radius 1 is 1.40 bits per heavy atom. The fourth-order valence-electron chi connectivity index (χ4n) is 0.873. The lowest BCUT2D eigenvalue weighted by atomic mass is 10.0. The van der Waals surface area contributed by atoms with Crippen LogP contribution in [0.2, 0.25) is 0 Å². The molecule has 1 atom stereocenters. The van der Waals surface area contributed by atoms with Crippen molar-refractivity contribution in [3.63, 3.8) is 0 Å². The van der Waals surface area contributed by atoms with E-state index in [1.807, 2.05) is 6.08 Å². The van der Waals surface area contributed by atoms with E-state index in [-0.39, 0.29) is 0 Å². The van der Waals surface area contributed by atoms with E-state index in [2.05, 4.69) is 13.5 Å². The fraction of sp³-hybridized carbons (Fsp3) is 0.778. The first-order valence-electron chi connectivity index (χ1n) is 4.04. The molecular formula is C9H18O. The Bertz CT molecular complexity index is 78.8. The van der Waals surface area contributed by atoms with Crippen LogP contribution in [0.4, 0.5) is 0 Å². The molecule has 1 N–H and O–H groups in total. The Labute approximate surface area is 63.8 Å². The molecule has 1 heteroatoms. The second kappa shape index (κ2) is 6.81. The van der Waals surface area contributed by atoms with Gasteiger partial charge in [-0.2, -0.15) is 0 Å². The first-order chi connectivity index (χ1) is 4.81. The summed E-state index contributed by atoms with van der Waals surface area (Å²) in [7, 11) is 0. The first-order valence-corrected chi connectivity index (χ1v) is 4.04. The van der Waals surface area contributed by atoms with Crippen molar-refractivity contribution in [1.29, 1.82) is 0 Å². The highest BCUT2D eigenvalue weighted by atomic mass is 16.2. The lowest BCUT2D eigenvalue weighted by Crippen LogP contribution is -1.89. The number of unbranched alkanes of at least 4 members (excludes halogenated alkanes) is 2. The molecule has 0 aromatic heterocycles. The van der Waals surface area contributed by atoms with Gasteiger partial charge in [-0.05, 0) is 18.8 Å². The average Bonchev–Trinajstić information content (AvgIpc) is 1.98. The molecule has 0 aromatic carbocycles. The zero-order valence-electron chi connectivity index (χ0n) is 6.84. The highest BCUT2D eigenvalue weighted by Gasteiger charge is 1.94. The predicted molar refractivity (Wildman–Crippen MR) is 44.9 cm³/mol. The summed E-state index contributed by atoms with van der Waals surface area (Å²) in [5.41, 5.74) is 0. The maximum absolute atomic E-state index is 8.47. The number of hydrogen-bond acceptors (Lipinski definition) is 1. The van der Waals surface area contributed by atoms with Crippen molar-refractivity contribution in [3.8, 4) is 0 Å². The largest absolute Gasteiger partial charge is 0.396 e. The molecule has 0 aliphatic rings. The highest BCUT2D eigenvalue weighted by Crippen LogP contribution is 2.08. The van der Waals surface area contributed by atoms with Gasteiger partial charge < -0.3 is 5.11 Å². The number of aliphatic hydroxyl groups excluding tert-OH is 1.